The van der Waals surface area contributed by atoms with Crippen molar-refractivity contribution in [1.29, 1.82) is 0 Å². The van der Waals surface area contributed by atoms with E-state index in [0.717, 1.165) is 64.2 Å². The van der Waals surface area contributed by atoms with Crippen LogP contribution in [0.15, 0.2) is 0 Å². The third-order valence-electron chi connectivity index (χ3n) is 11.5. The van der Waals surface area contributed by atoms with E-state index >= 15 is 0 Å². The normalized spacial score (nSPS) is 11.9. The number of carboxylic acid groups (broad SMARTS) is 1. The van der Waals surface area contributed by atoms with Crippen molar-refractivity contribution in [1.82, 2.24) is 5.32 Å². The lowest BCUT2D eigenvalue weighted by molar-refractivity contribution is -0.150. The Kier molecular flexibility index (Phi) is 43.8. The highest BCUT2D eigenvalue weighted by molar-refractivity contribution is 5.80. The number of aliphatic carboxylic acids is 1. The van der Waals surface area contributed by atoms with Gasteiger partial charge in [0.05, 0.1) is 0 Å². The first kappa shape index (κ1) is 53.4. The van der Waals surface area contributed by atoms with Gasteiger partial charge in [-0.05, 0) is 38.5 Å². The predicted molar refractivity (Wildman–Crippen MR) is 236 cm³/mol. The highest BCUT2D eigenvalue weighted by Crippen LogP contribution is 2.20. The van der Waals surface area contributed by atoms with Crippen molar-refractivity contribution in [3.05, 3.63) is 0 Å². The number of carboxylic acids is 1. The molecule has 0 spiro atoms. The monoisotopic (exact) mass is 778 g/mol. The predicted octanol–water partition coefficient (Wildman–Crippen LogP) is 15.5. The van der Waals surface area contributed by atoms with Gasteiger partial charge in [0.25, 0.3) is 0 Å². The molecule has 0 saturated carbocycles. The average molecular weight is 778 g/mol. The van der Waals surface area contributed by atoms with Gasteiger partial charge in [-0.1, -0.05) is 232 Å². The van der Waals surface area contributed by atoms with Crippen LogP contribution < -0.4 is 5.32 Å². The Morgan fingerprint density at radius 3 is 0.982 bits per heavy atom. The van der Waals surface area contributed by atoms with E-state index in [1.807, 2.05) is 0 Å². The zero-order valence-electron chi connectivity index (χ0n) is 37.1. The maximum absolute atomic E-state index is 12.8. The van der Waals surface area contributed by atoms with Crippen molar-refractivity contribution in [2.24, 2.45) is 0 Å². The molecule has 0 saturated heterocycles. The SMILES string of the molecule is CCCCCCCCCCCCCCCCCCCCCCCCCC(=O)OC(CCCCCCCCCCCC)CCCCCCCC(=O)NCC(=O)O. The molecule has 0 bridgehead atoms. The molecule has 1 amide bonds. The number of rotatable bonds is 46. The Labute approximate surface area is 342 Å². The molecule has 0 aliphatic heterocycles. The van der Waals surface area contributed by atoms with Crippen LogP contribution in [0.3, 0.4) is 0 Å². The van der Waals surface area contributed by atoms with E-state index in [1.54, 1.807) is 0 Å². The van der Waals surface area contributed by atoms with Gasteiger partial charge < -0.3 is 15.2 Å². The summed E-state index contributed by atoms with van der Waals surface area (Å²) in [4.78, 5) is 35.1. The van der Waals surface area contributed by atoms with Crippen LogP contribution >= 0.6 is 0 Å². The smallest absolute Gasteiger partial charge is 0.322 e. The topological polar surface area (TPSA) is 92.7 Å². The maximum atomic E-state index is 12.8. The summed E-state index contributed by atoms with van der Waals surface area (Å²) in [6, 6.07) is 0. The van der Waals surface area contributed by atoms with E-state index in [4.69, 9.17) is 9.84 Å². The van der Waals surface area contributed by atoms with Crippen molar-refractivity contribution in [3.8, 4) is 0 Å². The highest BCUT2D eigenvalue weighted by Gasteiger charge is 2.14. The number of esters is 1. The van der Waals surface area contributed by atoms with Gasteiger partial charge in [-0.2, -0.15) is 0 Å². The molecule has 55 heavy (non-hydrogen) atoms. The second-order valence-electron chi connectivity index (χ2n) is 17.1. The number of carbonyl (C=O) groups excluding carboxylic acids is 2. The first-order valence-corrected chi connectivity index (χ1v) is 24.7. The molecule has 0 aliphatic rings. The second kappa shape index (κ2) is 45.1. The fourth-order valence-electron chi connectivity index (χ4n) is 7.87. The molecule has 0 radical (unpaired) electrons. The standard InChI is InChI=1S/C49H95NO5/c1-3-5-7-9-11-13-15-16-17-18-19-20-21-22-23-24-25-26-27-29-31-36-40-44-49(54)55-46(41-37-33-30-28-14-12-10-8-6-4-2)42-38-34-32-35-39-43-47(51)50-45-48(52)53/h46H,3-45H2,1-2H3,(H,50,51)(H,52,53). The van der Waals surface area contributed by atoms with Gasteiger partial charge in [-0.3, -0.25) is 14.4 Å². The van der Waals surface area contributed by atoms with Gasteiger partial charge in [0.2, 0.25) is 5.91 Å². The third-order valence-corrected chi connectivity index (χ3v) is 11.5. The minimum Gasteiger partial charge on any atom is -0.480 e. The molecule has 0 aromatic heterocycles. The summed E-state index contributed by atoms with van der Waals surface area (Å²) in [5.41, 5.74) is 0. The molecule has 0 aromatic rings. The van der Waals surface area contributed by atoms with Crippen molar-refractivity contribution in [2.75, 3.05) is 6.54 Å². The van der Waals surface area contributed by atoms with E-state index in [2.05, 4.69) is 19.2 Å². The summed E-state index contributed by atoms with van der Waals surface area (Å²) in [6.45, 7) is 4.26. The summed E-state index contributed by atoms with van der Waals surface area (Å²) >= 11 is 0. The van der Waals surface area contributed by atoms with Crippen LogP contribution in [0.5, 0.6) is 0 Å². The second-order valence-corrected chi connectivity index (χ2v) is 17.1. The Hall–Kier alpha value is -1.59. The Morgan fingerprint density at radius 2 is 0.673 bits per heavy atom. The Balaban J connectivity index is 3.91. The number of amides is 1. The molecule has 6 heteroatoms. The van der Waals surface area contributed by atoms with Gasteiger partial charge in [0.1, 0.15) is 12.6 Å². The van der Waals surface area contributed by atoms with Gasteiger partial charge in [0, 0.05) is 12.8 Å². The van der Waals surface area contributed by atoms with E-state index < -0.39 is 5.97 Å². The van der Waals surface area contributed by atoms with Crippen LogP contribution in [-0.2, 0) is 19.1 Å². The van der Waals surface area contributed by atoms with Gasteiger partial charge in [-0.15, -0.1) is 0 Å². The van der Waals surface area contributed by atoms with E-state index in [1.165, 1.54) is 193 Å². The minimum atomic E-state index is -1.01. The van der Waals surface area contributed by atoms with Crippen molar-refractivity contribution >= 4 is 17.8 Å². The van der Waals surface area contributed by atoms with E-state index in [9.17, 15) is 14.4 Å². The van der Waals surface area contributed by atoms with Crippen LogP contribution in [0.4, 0.5) is 0 Å². The minimum absolute atomic E-state index is 0.00653. The lowest BCUT2D eigenvalue weighted by Crippen LogP contribution is -2.28. The summed E-state index contributed by atoms with van der Waals surface area (Å²) < 4.78 is 6.05. The molecular weight excluding hydrogens is 683 g/mol. The molecule has 2 N–H and O–H groups in total. The van der Waals surface area contributed by atoms with Crippen LogP contribution in [0.1, 0.15) is 284 Å². The van der Waals surface area contributed by atoms with Crippen LogP contribution in [0.2, 0.25) is 0 Å². The summed E-state index contributed by atoms with van der Waals surface area (Å²) in [6.07, 6.45) is 52.5. The number of nitrogens with one attached hydrogen (secondary N) is 1. The van der Waals surface area contributed by atoms with E-state index in [-0.39, 0.29) is 24.5 Å². The lowest BCUT2D eigenvalue weighted by atomic mass is 10.0. The third kappa shape index (κ3) is 45.0. The van der Waals surface area contributed by atoms with Crippen LogP contribution in [-0.4, -0.2) is 35.6 Å². The maximum Gasteiger partial charge on any atom is 0.322 e. The van der Waals surface area contributed by atoms with Gasteiger partial charge in [0.15, 0.2) is 0 Å². The molecule has 1 unspecified atom stereocenters. The summed E-state index contributed by atoms with van der Waals surface area (Å²) in [5, 5.41) is 11.1. The molecule has 0 aromatic carbocycles. The molecule has 0 fully saturated rings. The molecule has 0 aliphatic carbocycles. The first-order chi connectivity index (χ1) is 27.0. The van der Waals surface area contributed by atoms with Crippen LogP contribution in [0, 0.1) is 0 Å². The quantitative estimate of drug-likeness (QED) is 0.0474. The molecule has 1 atom stereocenters. The van der Waals surface area contributed by atoms with Crippen LogP contribution in [0.25, 0.3) is 0 Å². The van der Waals surface area contributed by atoms with Gasteiger partial charge in [-0.25, -0.2) is 0 Å². The molecule has 326 valence electrons. The molecular formula is C49H95NO5. The first-order valence-electron chi connectivity index (χ1n) is 24.7. The van der Waals surface area contributed by atoms with Gasteiger partial charge >= 0.3 is 11.9 Å². The largest absolute Gasteiger partial charge is 0.480 e. The lowest BCUT2D eigenvalue weighted by Gasteiger charge is -2.18. The zero-order chi connectivity index (χ0) is 40.1. The zero-order valence-corrected chi connectivity index (χ0v) is 37.1. The van der Waals surface area contributed by atoms with Crippen molar-refractivity contribution in [2.45, 2.75) is 290 Å². The fourth-order valence-corrected chi connectivity index (χ4v) is 7.87. The number of hydrogen-bond acceptors (Lipinski definition) is 4. The number of unbranched alkanes of at least 4 members (excludes halogenated alkanes) is 35. The summed E-state index contributed by atoms with van der Waals surface area (Å²) in [5.74, 6) is -1.21. The number of hydrogen-bond donors (Lipinski definition) is 2. The van der Waals surface area contributed by atoms with Crippen molar-refractivity contribution in [3.63, 3.8) is 0 Å². The number of ether oxygens (including phenoxy) is 1. The Morgan fingerprint density at radius 1 is 0.400 bits per heavy atom. The molecule has 6 nitrogen and oxygen atoms in total. The Bertz CT molecular complexity index is 817. The van der Waals surface area contributed by atoms with Crippen molar-refractivity contribution < 1.29 is 24.2 Å². The molecule has 0 rings (SSSR count). The van der Waals surface area contributed by atoms with E-state index in [0.29, 0.717) is 12.8 Å². The highest BCUT2D eigenvalue weighted by atomic mass is 16.5. The molecule has 0 heterocycles. The fraction of sp³-hybridized carbons (Fsp3) is 0.939. The average Bonchev–Trinajstić information content (AvgIpc) is 3.17. The number of carbonyl (C=O) groups is 3. The summed E-state index contributed by atoms with van der Waals surface area (Å²) in [7, 11) is 0.